The van der Waals surface area contributed by atoms with Crippen molar-refractivity contribution in [3.05, 3.63) is 64.2 Å². The van der Waals surface area contributed by atoms with E-state index in [-0.39, 0.29) is 11.5 Å². The van der Waals surface area contributed by atoms with Gasteiger partial charge in [-0.15, -0.1) is 0 Å². The van der Waals surface area contributed by atoms with Crippen LogP contribution in [0.15, 0.2) is 36.5 Å². The summed E-state index contributed by atoms with van der Waals surface area (Å²) < 4.78 is 53.6. The maximum absolute atomic E-state index is 14.0. The molecule has 1 aliphatic rings. The Bertz CT molecular complexity index is 771. The van der Waals surface area contributed by atoms with Crippen LogP contribution in [0.2, 0.25) is 5.02 Å². The Morgan fingerprint density at radius 1 is 1.00 bits per heavy atom. The van der Waals surface area contributed by atoms with Crippen LogP contribution in [0.1, 0.15) is 62.8 Å². The van der Waals surface area contributed by atoms with Crippen molar-refractivity contribution in [2.45, 2.75) is 57.7 Å². The summed E-state index contributed by atoms with van der Waals surface area (Å²) in [4.78, 5) is 4.26. The first-order valence-electron chi connectivity index (χ1n) is 9.50. The molecule has 0 amide bonds. The third-order valence-corrected chi connectivity index (χ3v) is 5.33. The summed E-state index contributed by atoms with van der Waals surface area (Å²) >= 11 is 5.89. The van der Waals surface area contributed by atoms with Crippen LogP contribution in [-0.4, -0.2) is 4.98 Å². The van der Waals surface area contributed by atoms with E-state index in [1.807, 2.05) is 13.8 Å². The first-order chi connectivity index (χ1) is 13.2. The highest BCUT2D eigenvalue weighted by Crippen LogP contribution is 2.43. The molecular weight excluding hydrogens is 392 g/mol. The van der Waals surface area contributed by atoms with Gasteiger partial charge in [0.15, 0.2) is 0 Å². The lowest BCUT2D eigenvalue weighted by Gasteiger charge is -2.40. The molecule has 7 heteroatoms. The van der Waals surface area contributed by atoms with Gasteiger partial charge in [-0.1, -0.05) is 44.7 Å². The Kier molecular flexibility index (Phi) is 7.46. The van der Waals surface area contributed by atoms with Crippen molar-refractivity contribution in [3.8, 4) is 0 Å². The molecule has 2 nitrogen and oxygen atoms in total. The predicted octanol–water partition coefficient (Wildman–Crippen LogP) is 6.70. The van der Waals surface area contributed by atoms with E-state index in [4.69, 9.17) is 17.3 Å². The van der Waals surface area contributed by atoms with Crippen molar-refractivity contribution >= 4 is 11.6 Å². The van der Waals surface area contributed by atoms with Crippen molar-refractivity contribution in [2.75, 3.05) is 0 Å². The van der Waals surface area contributed by atoms with Gasteiger partial charge in [-0.2, -0.15) is 13.2 Å². The summed E-state index contributed by atoms with van der Waals surface area (Å²) in [6.45, 7) is 4.00. The highest BCUT2D eigenvalue weighted by atomic mass is 35.5. The third-order valence-electron chi connectivity index (χ3n) is 5.10. The van der Waals surface area contributed by atoms with Gasteiger partial charge in [0.1, 0.15) is 5.82 Å². The summed E-state index contributed by atoms with van der Waals surface area (Å²) in [6.07, 6.45) is 1.16. The second-order valence-electron chi connectivity index (χ2n) is 6.79. The highest BCUT2D eigenvalue weighted by molar-refractivity contribution is 6.30. The molecule has 1 aromatic carbocycles. The van der Waals surface area contributed by atoms with E-state index in [2.05, 4.69) is 4.98 Å². The van der Waals surface area contributed by atoms with E-state index in [1.54, 1.807) is 12.1 Å². The Balaban J connectivity index is 0.00000136. The molecule has 1 aromatic heterocycles. The molecule has 1 aliphatic carbocycles. The molecule has 28 heavy (non-hydrogen) atoms. The summed E-state index contributed by atoms with van der Waals surface area (Å²) in [5.74, 6) is -1.10. The molecule has 1 fully saturated rings. The number of rotatable bonds is 3. The standard InChI is InChI=1S/C19H19ClF4N2.C2H6/c20-15-6-7-17(26-11-15)18(25,12-4-2-1-3-5-12)13-8-14(19(22,23)24)10-16(21)9-13;1-2/h6-12H,1-5,25H2;1-2H3. The van der Waals surface area contributed by atoms with Crippen molar-refractivity contribution in [1.82, 2.24) is 4.98 Å². The molecule has 154 valence electrons. The highest BCUT2D eigenvalue weighted by Gasteiger charge is 2.42. The van der Waals surface area contributed by atoms with Crippen molar-refractivity contribution < 1.29 is 17.6 Å². The lowest BCUT2D eigenvalue weighted by molar-refractivity contribution is -0.137. The van der Waals surface area contributed by atoms with Gasteiger partial charge in [-0.3, -0.25) is 4.98 Å². The van der Waals surface area contributed by atoms with Gasteiger partial charge in [0.25, 0.3) is 0 Å². The molecule has 0 saturated heterocycles. The second-order valence-corrected chi connectivity index (χ2v) is 7.23. The van der Waals surface area contributed by atoms with Crippen LogP contribution in [0, 0.1) is 11.7 Å². The molecular formula is C21H25ClF4N2. The molecule has 0 aliphatic heterocycles. The van der Waals surface area contributed by atoms with Crippen LogP contribution >= 0.6 is 11.6 Å². The molecule has 0 bridgehead atoms. The van der Waals surface area contributed by atoms with E-state index in [0.29, 0.717) is 16.8 Å². The lowest BCUT2D eigenvalue weighted by atomic mass is 9.69. The minimum Gasteiger partial charge on any atom is -0.316 e. The van der Waals surface area contributed by atoms with Crippen LogP contribution < -0.4 is 5.73 Å². The second kappa shape index (κ2) is 9.23. The van der Waals surface area contributed by atoms with Crippen LogP contribution in [0.4, 0.5) is 17.6 Å². The molecule has 1 saturated carbocycles. The molecule has 3 rings (SSSR count). The van der Waals surface area contributed by atoms with Gasteiger partial charge in [-0.05, 0) is 54.7 Å². The van der Waals surface area contributed by atoms with Gasteiger partial charge >= 0.3 is 6.18 Å². The molecule has 0 spiro atoms. The summed E-state index contributed by atoms with van der Waals surface area (Å²) in [6, 6.07) is 5.71. The number of nitrogens with two attached hydrogens (primary N) is 1. The maximum Gasteiger partial charge on any atom is 0.416 e. The van der Waals surface area contributed by atoms with Crippen molar-refractivity contribution in [2.24, 2.45) is 11.7 Å². The predicted molar refractivity (Wildman–Crippen MR) is 104 cm³/mol. The molecule has 1 atom stereocenters. The average molecular weight is 417 g/mol. The summed E-state index contributed by atoms with van der Waals surface area (Å²) in [5, 5.41) is 0.398. The zero-order valence-electron chi connectivity index (χ0n) is 16.0. The number of nitrogens with zero attached hydrogens (tertiary/aromatic N) is 1. The zero-order chi connectivity index (χ0) is 20.9. The molecule has 2 N–H and O–H groups in total. The SMILES string of the molecule is CC.NC(c1cc(F)cc(C(F)(F)F)c1)(c1ccc(Cl)cn1)C1CCCCC1. The molecule has 2 aromatic rings. The van der Waals surface area contributed by atoms with E-state index in [0.717, 1.165) is 44.2 Å². The fraction of sp³-hybridized carbons (Fsp3) is 0.476. The molecule has 0 radical (unpaired) electrons. The zero-order valence-corrected chi connectivity index (χ0v) is 16.7. The molecule has 1 heterocycles. The van der Waals surface area contributed by atoms with Gasteiger partial charge in [0, 0.05) is 6.20 Å². The van der Waals surface area contributed by atoms with Gasteiger partial charge < -0.3 is 5.73 Å². The van der Waals surface area contributed by atoms with Crippen LogP contribution in [0.5, 0.6) is 0 Å². The first kappa shape index (κ1) is 22.6. The van der Waals surface area contributed by atoms with E-state index in [1.165, 1.54) is 6.20 Å². The van der Waals surface area contributed by atoms with E-state index >= 15 is 0 Å². The Hall–Kier alpha value is -1.66. The van der Waals surface area contributed by atoms with Gasteiger partial charge in [0.05, 0.1) is 21.8 Å². The number of hydrogen-bond donors (Lipinski definition) is 1. The fourth-order valence-corrected chi connectivity index (χ4v) is 3.88. The van der Waals surface area contributed by atoms with Crippen LogP contribution in [0.3, 0.4) is 0 Å². The Labute approximate surface area is 168 Å². The van der Waals surface area contributed by atoms with Crippen LogP contribution in [0.25, 0.3) is 0 Å². The third kappa shape index (κ3) is 4.84. The van der Waals surface area contributed by atoms with Gasteiger partial charge in [0.2, 0.25) is 0 Å². The number of hydrogen-bond acceptors (Lipinski definition) is 2. The van der Waals surface area contributed by atoms with E-state index in [9.17, 15) is 17.6 Å². The monoisotopic (exact) mass is 416 g/mol. The topological polar surface area (TPSA) is 38.9 Å². The smallest absolute Gasteiger partial charge is 0.316 e. The lowest BCUT2D eigenvalue weighted by Crippen LogP contribution is -2.47. The number of benzene rings is 1. The van der Waals surface area contributed by atoms with Crippen molar-refractivity contribution in [3.63, 3.8) is 0 Å². The van der Waals surface area contributed by atoms with Crippen LogP contribution in [-0.2, 0) is 11.7 Å². The fourth-order valence-electron chi connectivity index (χ4n) is 3.76. The molecule has 1 unspecified atom stereocenters. The van der Waals surface area contributed by atoms with E-state index < -0.39 is 23.1 Å². The number of halogens is 5. The Morgan fingerprint density at radius 3 is 2.14 bits per heavy atom. The minimum absolute atomic E-state index is 0.0894. The van der Waals surface area contributed by atoms with Gasteiger partial charge in [-0.25, -0.2) is 4.39 Å². The Morgan fingerprint density at radius 2 is 1.61 bits per heavy atom. The van der Waals surface area contributed by atoms with Crippen molar-refractivity contribution in [1.29, 1.82) is 0 Å². The number of pyridine rings is 1. The summed E-state index contributed by atoms with van der Waals surface area (Å²) in [7, 11) is 0. The minimum atomic E-state index is -4.66. The average Bonchev–Trinajstić information content (AvgIpc) is 2.69. The number of alkyl halides is 3. The maximum atomic E-state index is 14.0. The quantitative estimate of drug-likeness (QED) is 0.565. The summed E-state index contributed by atoms with van der Waals surface area (Å²) in [5.41, 5.74) is 4.83. The normalized spacial score (nSPS) is 17.4. The first-order valence-corrected chi connectivity index (χ1v) is 9.88. The number of aromatic nitrogens is 1. The largest absolute Gasteiger partial charge is 0.416 e.